The van der Waals surface area contributed by atoms with E-state index in [1.165, 1.54) is 13.8 Å². The molecule has 0 fully saturated rings. The van der Waals surface area contributed by atoms with E-state index >= 15 is 0 Å². The third kappa shape index (κ3) is 8.31. The quantitative estimate of drug-likeness (QED) is 0.158. The molecule has 0 saturated carbocycles. The highest BCUT2D eigenvalue weighted by Crippen LogP contribution is 2.10. The molecule has 12 nitrogen and oxygen atoms in total. The first kappa shape index (κ1) is 26.7. The Labute approximate surface area is 168 Å². The van der Waals surface area contributed by atoms with Gasteiger partial charge in [0.25, 0.3) is 0 Å². The van der Waals surface area contributed by atoms with E-state index < -0.39 is 66.7 Å². The highest BCUT2D eigenvalue weighted by molar-refractivity contribution is 5.94. The van der Waals surface area contributed by atoms with Gasteiger partial charge in [-0.05, 0) is 19.8 Å². The van der Waals surface area contributed by atoms with Gasteiger partial charge < -0.3 is 42.1 Å². The molecule has 7 atom stereocenters. The molecule has 0 aromatic rings. The lowest BCUT2D eigenvalue weighted by Crippen LogP contribution is -2.61. The van der Waals surface area contributed by atoms with Gasteiger partial charge in [-0.15, -0.1) is 0 Å². The second kappa shape index (κ2) is 12.3. The van der Waals surface area contributed by atoms with E-state index in [1.54, 1.807) is 13.8 Å². The van der Waals surface area contributed by atoms with Crippen molar-refractivity contribution in [1.29, 1.82) is 0 Å². The van der Waals surface area contributed by atoms with Gasteiger partial charge in [0, 0.05) is 0 Å². The van der Waals surface area contributed by atoms with Crippen molar-refractivity contribution in [3.63, 3.8) is 0 Å². The maximum atomic E-state index is 12.7. The maximum absolute atomic E-state index is 12.7. The van der Waals surface area contributed by atoms with Crippen LogP contribution in [0.5, 0.6) is 0 Å². The van der Waals surface area contributed by atoms with Crippen LogP contribution in [0.25, 0.3) is 0 Å². The van der Waals surface area contributed by atoms with Gasteiger partial charge in [-0.3, -0.25) is 14.4 Å². The number of nitrogens with one attached hydrogen (secondary N) is 3. The summed E-state index contributed by atoms with van der Waals surface area (Å²) in [7, 11) is 0. The van der Waals surface area contributed by atoms with Crippen molar-refractivity contribution in [2.75, 3.05) is 6.61 Å². The summed E-state index contributed by atoms with van der Waals surface area (Å²) in [6, 6.07) is -5.55. The molecule has 9 N–H and O–H groups in total. The first-order valence-corrected chi connectivity index (χ1v) is 9.23. The minimum absolute atomic E-state index is 0.387. The summed E-state index contributed by atoms with van der Waals surface area (Å²) in [6.07, 6.45) is -2.09. The number of carboxylic acids is 1. The Morgan fingerprint density at radius 2 is 1.34 bits per heavy atom. The largest absolute Gasteiger partial charge is 0.480 e. The molecule has 0 aromatic carbocycles. The number of hydrogen-bond acceptors (Lipinski definition) is 8. The third-order valence-corrected chi connectivity index (χ3v) is 4.48. The topological polar surface area (TPSA) is 211 Å². The fourth-order valence-corrected chi connectivity index (χ4v) is 2.27. The smallest absolute Gasteiger partial charge is 0.328 e. The SMILES string of the molecule is CCC(C)C(NC(=O)C(N)C(C)O)C(=O)NC(C(=O)NC(CO)C(=O)O)C(C)O. The molecular formula is C17H32N4O8. The molecule has 0 aromatic heterocycles. The predicted molar refractivity (Wildman–Crippen MR) is 101 cm³/mol. The van der Waals surface area contributed by atoms with Crippen molar-refractivity contribution in [3.8, 4) is 0 Å². The number of carbonyl (C=O) groups excluding carboxylic acids is 3. The average Bonchev–Trinajstić information content (AvgIpc) is 2.65. The fourth-order valence-electron chi connectivity index (χ4n) is 2.27. The van der Waals surface area contributed by atoms with Crippen LogP contribution in [-0.2, 0) is 19.2 Å². The van der Waals surface area contributed by atoms with Crippen LogP contribution in [-0.4, -0.2) is 87.1 Å². The highest BCUT2D eigenvalue weighted by atomic mass is 16.4. The van der Waals surface area contributed by atoms with Crippen LogP contribution in [0, 0.1) is 5.92 Å². The molecule has 168 valence electrons. The van der Waals surface area contributed by atoms with Crippen molar-refractivity contribution >= 4 is 23.7 Å². The van der Waals surface area contributed by atoms with Crippen molar-refractivity contribution in [2.24, 2.45) is 11.7 Å². The second-order valence-corrected chi connectivity index (χ2v) is 6.95. The molecule has 0 spiro atoms. The van der Waals surface area contributed by atoms with Crippen LogP contribution in [0.15, 0.2) is 0 Å². The standard InChI is InChI=1S/C17H32N4O8/c1-5-7(2)12(20-14(25)11(18)8(3)23)15(26)21-13(9(4)24)16(27)19-10(6-22)17(28)29/h7-13,22-24H,5-6,18H2,1-4H3,(H,19,27)(H,20,25)(H,21,26)(H,28,29). The van der Waals surface area contributed by atoms with Crippen LogP contribution in [0.2, 0.25) is 0 Å². The number of aliphatic hydroxyl groups is 3. The molecule has 0 aliphatic heterocycles. The predicted octanol–water partition coefficient (Wildman–Crippen LogP) is -3.35. The van der Waals surface area contributed by atoms with Crippen LogP contribution < -0.4 is 21.7 Å². The van der Waals surface area contributed by atoms with Crippen LogP contribution in [0.4, 0.5) is 0 Å². The summed E-state index contributed by atoms with van der Waals surface area (Å²) >= 11 is 0. The highest BCUT2D eigenvalue weighted by Gasteiger charge is 2.34. The lowest BCUT2D eigenvalue weighted by Gasteiger charge is -2.29. The maximum Gasteiger partial charge on any atom is 0.328 e. The number of carbonyl (C=O) groups is 4. The Kier molecular flexibility index (Phi) is 11.3. The van der Waals surface area contributed by atoms with E-state index in [1.807, 2.05) is 5.32 Å². The Balaban J connectivity index is 5.41. The molecule has 0 aliphatic rings. The lowest BCUT2D eigenvalue weighted by molar-refractivity contribution is -0.144. The first-order valence-electron chi connectivity index (χ1n) is 9.23. The van der Waals surface area contributed by atoms with Crippen molar-refractivity contribution in [1.82, 2.24) is 16.0 Å². The van der Waals surface area contributed by atoms with Crippen molar-refractivity contribution in [2.45, 2.75) is 70.5 Å². The lowest BCUT2D eigenvalue weighted by atomic mass is 9.97. The molecule has 7 unspecified atom stereocenters. The third-order valence-electron chi connectivity index (χ3n) is 4.48. The summed E-state index contributed by atoms with van der Waals surface area (Å²) < 4.78 is 0. The zero-order valence-electron chi connectivity index (χ0n) is 17.0. The fraction of sp³-hybridized carbons (Fsp3) is 0.765. The summed E-state index contributed by atoms with van der Waals surface area (Å²) in [6.45, 7) is 5.07. The number of amides is 3. The Morgan fingerprint density at radius 3 is 1.72 bits per heavy atom. The number of carboxylic acid groups (broad SMARTS) is 1. The van der Waals surface area contributed by atoms with Crippen LogP contribution in [0.3, 0.4) is 0 Å². The molecule has 12 heteroatoms. The van der Waals surface area contributed by atoms with E-state index in [4.69, 9.17) is 15.9 Å². The van der Waals surface area contributed by atoms with E-state index in [-0.39, 0.29) is 5.92 Å². The Morgan fingerprint density at radius 1 is 0.862 bits per heavy atom. The number of hydrogen-bond donors (Lipinski definition) is 8. The van der Waals surface area contributed by atoms with E-state index in [0.717, 1.165) is 0 Å². The summed E-state index contributed by atoms with van der Waals surface area (Å²) in [5, 5.41) is 43.9. The molecule has 0 saturated heterocycles. The minimum Gasteiger partial charge on any atom is -0.480 e. The number of nitrogens with two attached hydrogens (primary N) is 1. The van der Waals surface area contributed by atoms with E-state index in [2.05, 4.69) is 10.6 Å². The Bertz CT molecular complexity index is 584. The number of aliphatic hydroxyl groups excluding tert-OH is 3. The molecule has 0 bridgehead atoms. The Hall–Kier alpha value is -2.28. The van der Waals surface area contributed by atoms with Crippen molar-refractivity contribution < 1.29 is 39.6 Å². The second-order valence-electron chi connectivity index (χ2n) is 6.95. The van der Waals surface area contributed by atoms with Crippen LogP contribution >= 0.6 is 0 Å². The first-order chi connectivity index (χ1) is 13.4. The zero-order valence-corrected chi connectivity index (χ0v) is 17.0. The molecule has 0 radical (unpaired) electrons. The van der Waals surface area contributed by atoms with Gasteiger partial charge in [-0.25, -0.2) is 4.79 Å². The zero-order chi connectivity index (χ0) is 22.9. The summed E-state index contributed by atoms with van der Waals surface area (Å²) in [4.78, 5) is 48.1. The van der Waals surface area contributed by atoms with Gasteiger partial charge >= 0.3 is 5.97 Å². The molecular weight excluding hydrogens is 388 g/mol. The monoisotopic (exact) mass is 420 g/mol. The molecule has 0 heterocycles. The van der Waals surface area contributed by atoms with Crippen molar-refractivity contribution in [3.05, 3.63) is 0 Å². The average molecular weight is 420 g/mol. The molecule has 3 amide bonds. The summed E-state index contributed by atoms with van der Waals surface area (Å²) in [5.41, 5.74) is 5.57. The number of aliphatic carboxylic acids is 1. The van der Waals surface area contributed by atoms with Gasteiger partial charge in [0.05, 0.1) is 18.8 Å². The van der Waals surface area contributed by atoms with E-state index in [9.17, 15) is 29.4 Å². The molecule has 0 rings (SSSR count). The number of rotatable bonds is 12. The molecule has 0 aliphatic carbocycles. The van der Waals surface area contributed by atoms with Crippen LogP contribution in [0.1, 0.15) is 34.1 Å². The van der Waals surface area contributed by atoms with Gasteiger partial charge in [0.2, 0.25) is 17.7 Å². The van der Waals surface area contributed by atoms with Gasteiger partial charge in [0.15, 0.2) is 0 Å². The summed E-state index contributed by atoms with van der Waals surface area (Å²) in [5.74, 6) is -4.48. The minimum atomic E-state index is -1.62. The van der Waals surface area contributed by atoms with Gasteiger partial charge in [0.1, 0.15) is 24.2 Å². The normalized spacial score (nSPS) is 18.3. The van der Waals surface area contributed by atoms with Gasteiger partial charge in [-0.2, -0.15) is 0 Å². The van der Waals surface area contributed by atoms with Gasteiger partial charge in [-0.1, -0.05) is 20.3 Å². The van der Waals surface area contributed by atoms with E-state index in [0.29, 0.717) is 6.42 Å². The molecule has 29 heavy (non-hydrogen) atoms.